The molecule has 0 saturated heterocycles. The number of rotatable bonds is 13. The predicted molar refractivity (Wildman–Crippen MR) is 163 cm³/mol. The maximum absolute atomic E-state index is 12.5. The molecule has 0 radical (unpaired) electrons. The van der Waals surface area contributed by atoms with Crippen molar-refractivity contribution in [3.8, 4) is 11.5 Å². The number of carbonyl (C=O) groups excluding carboxylic acids is 1. The number of carbonyl (C=O) groups is 2. The summed E-state index contributed by atoms with van der Waals surface area (Å²) in [5.74, 6) is 0.766. The summed E-state index contributed by atoms with van der Waals surface area (Å²) >= 11 is 0. The van der Waals surface area contributed by atoms with Crippen LogP contribution in [0, 0.1) is 27.9 Å². The molecule has 0 heterocycles. The van der Waals surface area contributed by atoms with Crippen molar-refractivity contribution in [1.82, 2.24) is 5.32 Å². The van der Waals surface area contributed by atoms with Crippen molar-refractivity contribution in [3.63, 3.8) is 0 Å². The quantitative estimate of drug-likeness (QED) is 0.146. The Hall–Kier alpha value is -4.44. The van der Waals surface area contributed by atoms with Crippen LogP contribution >= 0.6 is 0 Å². The van der Waals surface area contributed by atoms with E-state index in [1.165, 1.54) is 36.8 Å². The zero-order valence-electron chi connectivity index (χ0n) is 24.7. The summed E-state index contributed by atoms with van der Waals surface area (Å²) in [6.45, 7) is 7.27. The topological polar surface area (TPSA) is 140 Å². The molecular weight excluding hydrogens is 550 g/mol. The fraction of sp³-hybridized carbons (Fsp3) is 0.394. The second kappa shape index (κ2) is 14.6. The monoisotopic (exact) mass is 589 g/mol. The van der Waals surface area contributed by atoms with Gasteiger partial charge in [0, 0.05) is 36.5 Å². The van der Waals surface area contributed by atoms with Gasteiger partial charge < -0.3 is 25.2 Å². The van der Waals surface area contributed by atoms with E-state index in [1.54, 1.807) is 12.1 Å². The Kier molecular flexibility index (Phi) is 10.7. The molecule has 228 valence electrons. The number of aromatic carboxylic acids is 1. The van der Waals surface area contributed by atoms with E-state index in [2.05, 4.69) is 31.4 Å². The molecule has 3 N–H and O–H groups in total. The highest BCUT2D eigenvalue weighted by molar-refractivity contribution is 5.91. The number of carboxylic acids is 1. The molecule has 1 aliphatic carbocycles. The molecular formula is C33H39N3O7. The molecule has 1 aliphatic rings. The van der Waals surface area contributed by atoms with Crippen LogP contribution in [0.4, 0.5) is 11.4 Å². The van der Waals surface area contributed by atoms with Gasteiger partial charge in [-0.15, -0.1) is 0 Å². The molecule has 1 fully saturated rings. The van der Waals surface area contributed by atoms with Gasteiger partial charge in [-0.2, -0.15) is 0 Å². The van der Waals surface area contributed by atoms with Crippen molar-refractivity contribution in [2.24, 2.45) is 17.8 Å². The highest BCUT2D eigenvalue weighted by Gasteiger charge is 2.31. The smallest absolute Gasteiger partial charge is 0.339 e. The standard InChI is InChI=1S/C33H39N3O7/c1-21(2)27-14-8-22(3)16-31(27)42-20-32(37)35-18-23-9-11-25(12-10-23)34-19-24-17-26(36(40)41)13-15-29(24)43-30-7-5-4-6-28(30)33(38)39/h4-7,9-13,15,17,21-22,27,31,34H,8,14,16,18-20H2,1-3H3,(H,35,37)(H,38,39)/t22-,27+,31-/m1/s1. The van der Waals surface area contributed by atoms with Gasteiger partial charge in [0.25, 0.3) is 5.69 Å². The Labute approximate surface area is 251 Å². The Morgan fingerprint density at radius 3 is 2.47 bits per heavy atom. The first-order valence-electron chi connectivity index (χ1n) is 14.6. The molecule has 0 aromatic heterocycles. The molecule has 3 aromatic rings. The lowest BCUT2D eigenvalue weighted by atomic mass is 9.75. The minimum atomic E-state index is -1.14. The van der Waals surface area contributed by atoms with Crippen LogP contribution in [-0.4, -0.2) is 34.6 Å². The van der Waals surface area contributed by atoms with Gasteiger partial charge in [-0.25, -0.2) is 4.79 Å². The first-order valence-corrected chi connectivity index (χ1v) is 14.6. The lowest BCUT2D eigenvalue weighted by molar-refractivity contribution is -0.384. The molecule has 4 rings (SSSR count). The number of nitro benzene ring substituents is 1. The number of nitro groups is 1. The number of benzene rings is 3. The third kappa shape index (κ3) is 8.78. The van der Waals surface area contributed by atoms with E-state index in [9.17, 15) is 24.8 Å². The average Bonchev–Trinajstić information content (AvgIpc) is 2.99. The van der Waals surface area contributed by atoms with E-state index in [-0.39, 0.29) is 42.2 Å². The largest absolute Gasteiger partial charge is 0.478 e. The van der Waals surface area contributed by atoms with Crippen LogP contribution in [0.5, 0.6) is 11.5 Å². The van der Waals surface area contributed by atoms with E-state index in [0.717, 1.165) is 24.1 Å². The second-order valence-corrected chi connectivity index (χ2v) is 11.5. The summed E-state index contributed by atoms with van der Waals surface area (Å²) in [4.78, 5) is 35.0. The van der Waals surface area contributed by atoms with Crippen molar-refractivity contribution in [1.29, 1.82) is 0 Å². The number of hydrogen-bond donors (Lipinski definition) is 3. The number of non-ortho nitro benzene ring substituents is 1. The van der Waals surface area contributed by atoms with Gasteiger partial charge in [0.15, 0.2) is 0 Å². The van der Waals surface area contributed by atoms with Crippen molar-refractivity contribution in [2.75, 3.05) is 11.9 Å². The lowest BCUT2D eigenvalue weighted by Crippen LogP contribution is -2.37. The number of nitrogens with one attached hydrogen (secondary N) is 2. The van der Waals surface area contributed by atoms with Crippen LogP contribution in [-0.2, 0) is 22.6 Å². The van der Waals surface area contributed by atoms with Crippen LogP contribution in [0.1, 0.15) is 61.5 Å². The normalized spacial score (nSPS) is 18.2. The van der Waals surface area contributed by atoms with Gasteiger partial charge in [0.05, 0.1) is 11.0 Å². The van der Waals surface area contributed by atoms with Crippen molar-refractivity contribution >= 4 is 23.3 Å². The maximum Gasteiger partial charge on any atom is 0.339 e. The number of amides is 1. The molecule has 10 heteroatoms. The van der Waals surface area contributed by atoms with Crippen molar-refractivity contribution in [2.45, 2.75) is 59.2 Å². The minimum absolute atomic E-state index is 0.0163. The summed E-state index contributed by atoms with van der Waals surface area (Å²) in [6.07, 6.45) is 3.45. The van der Waals surface area contributed by atoms with Crippen LogP contribution in [0.2, 0.25) is 0 Å². The molecule has 1 amide bonds. The summed E-state index contributed by atoms with van der Waals surface area (Å²) in [5.41, 5.74) is 2.03. The van der Waals surface area contributed by atoms with E-state index in [0.29, 0.717) is 35.6 Å². The molecule has 0 spiro atoms. The number of carboxylic acid groups (broad SMARTS) is 1. The first-order chi connectivity index (χ1) is 20.6. The number of hydrogen-bond acceptors (Lipinski definition) is 7. The maximum atomic E-state index is 12.5. The summed E-state index contributed by atoms with van der Waals surface area (Å²) < 4.78 is 11.9. The fourth-order valence-electron chi connectivity index (χ4n) is 5.45. The Bertz CT molecular complexity index is 1420. The molecule has 1 saturated carbocycles. The SMILES string of the molecule is CC(C)[C@@H]1CC[C@@H](C)C[C@H]1OCC(=O)NCc1ccc(NCc2cc([N+](=O)[O-])ccc2Oc2ccccc2C(=O)O)cc1. The van der Waals surface area contributed by atoms with E-state index in [4.69, 9.17) is 9.47 Å². The van der Waals surface area contributed by atoms with E-state index >= 15 is 0 Å². The minimum Gasteiger partial charge on any atom is -0.478 e. The van der Waals surface area contributed by atoms with Gasteiger partial charge in [-0.1, -0.05) is 51.5 Å². The highest BCUT2D eigenvalue weighted by atomic mass is 16.6. The van der Waals surface area contributed by atoms with Crippen LogP contribution in [0.25, 0.3) is 0 Å². The summed E-state index contributed by atoms with van der Waals surface area (Å²) in [5, 5.41) is 27.0. The van der Waals surface area contributed by atoms with Crippen molar-refractivity contribution in [3.05, 3.63) is 93.5 Å². The van der Waals surface area contributed by atoms with Crippen LogP contribution in [0.3, 0.4) is 0 Å². The van der Waals surface area contributed by atoms with Gasteiger partial charge in [-0.3, -0.25) is 14.9 Å². The summed E-state index contributed by atoms with van der Waals surface area (Å²) in [7, 11) is 0. The van der Waals surface area contributed by atoms with Gasteiger partial charge in [0.2, 0.25) is 5.91 Å². The Morgan fingerprint density at radius 2 is 1.77 bits per heavy atom. The number of para-hydroxylation sites is 1. The predicted octanol–water partition coefficient (Wildman–Crippen LogP) is 6.79. The molecule has 0 aliphatic heterocycles. The van der Waals surface area contributed by atoms with Crippen LogP contribution < -0.4 is 15.4 Å². The third-order valence-electron chi connectivity index (χ3n) is 7.91. The number of anilines is 1. The molecule has 0 unspecified atom stereocenters. The number of nitrogens with zero attached hydrogens (tertiary/aromatic N) is 1. The Morgan fingerprint density at radius 1 is 1.02 bits per heavy atom. The molecule has 0 bridgehead atoms. The fourth-order valence-corrected chi connectivity index (χ4v) is 5.45. The van der Waals surface area contributed by atoms with Gasteiger partial charge in [-0.05, 0) is 66.5 Å². The molecule has 10 nitrogen and oxygen atoms in total. The first kappa shape index (κ1) is 31.5. The molecule has 3 aromatic carbocycles. The zero-order chi connectivity index (χ0) is 30.9. The van der Waals surface area contributed by atoms with Crippen molar-refractivity contribution < 1.29 is 29.1 Å². The highest BCUT2D eigenvalue weighted by Crippen LogP contribution is 2.35. The van der Waals surface area contributed by atoms with Crippen LogP contribution in [0.15, 0.2) is 66.7 Å². The lowest BCUT2D eigenvalue weighted by Gasteiger charge is -2.37. The second-order valence-electron chi connectivity index (χ2n) is 11.5. The molecule has 43 heavy (non-hydrogen) atoms. The average molecular weight is 590 g/mol. The van der Waals surface area contributed by atoms with Gasteiger partial charge >= 0.3 is 5.97 Å². The Balaban J connectivity index is 1.33. The zero-order valence-corrected chi connectivity index (χ0v) is 24.7. The van der Waals surface area contributed by atoms with E-state index < -0.39 is 10.9 Å². The van der Waals surface area contributed by atoms with E-state index in [1.807, 2.05) is 24.3 Å². The third-order valence-corrected chi connectivity index (χ3v) is 7.91. The molecule has 3 atom stereocenters. The summed E-state index contributed by atoms with van der Waals surface area (Å²) in [6, 6.07) is 17.9. The van der Waals surface area contributed by atoms with Gasteiger partial charge in [0.1, 0.15) is 23.7 Å². The number of ether oxygens (including phenoxy) is 2.